The van der Waals surface area contributed by atoms with Crippen molar-refractivity contribution in [3.05, 3.63) is 85.1 Å². The van der Waals surface area contributed by atoms with Crippen molar-refractivity contribution in [3.8, 4) is 0 Å². The van der Waals surface area contributed by atoms with Crippen molar-refractivity contribution in [1.29, 1.82) is 0 Å². The summed E-state index contributed by atoms with van der Waals surface area (Å²) in [5, 5.41) is 0. The summed E-state index contributed by atoms with van der Waals surface area (Å²) in [6.07, 6.45) is 44.8. The molecule has 2 unspecified atom stereocenters. The Kier molecular flexibility index (Phi) is 33.2. The van der Waals surface area contributed by atoms with E-state index in [1.54, 1.807) is 0 Å². The quantitative estimate of drug-likeness (QED) is 0.0231. The second-order valence-corrected chi connectivity index (χ2v) is 15.0. The smallest absolute Gasteiger partial charge is 0.457 e. The lowest BCUT2D eigenvalue weighted by atomic mass is 10.1. The zero-order chi connectivity index (χ0) is 37.7. The second kappa shape index (κ2) is 34.7. The standard InChI is InChI=1S/C42H72NO7P/c1-6-8-10-12-14-16-18-20-22-23-25-27-29-31-33-35-42(44)50-41(40-49-51(45,46)48-38-36-43(3,4)5)39-47-37-34-32-30-28-26-24-21-19-17-15-13-11-9-7-2/h8-11,14-17,20-22,24-25,27,41H,6-7,12-13,18-19,23,26,28-40H2,1-5H3/p+1/b10-8-,11-9-,16-14-,17-15-,22-20-,24-21-,27-25-. The first-order valence-corrected chi connectivity index (χ1v) is 20.8. The molecule has 0 aromatic carbocycles. The lowest BCUT2D eigenvalue weighted by molar-refractivity contribution is -0.870. The zero-order valence-electron chi connectivity index (χ0n) is 32.8. The van der Waals surface area contributed by atoms with Crippen LogP contribution in [-0.4, -0.2) is 75.6 Å². The molecule has 0 aliphatic heterocycles. The first-order chi connectivity index (χ1) is 24.6. The summed E-state index contributed by atoms with van der Waals surface area (Å²) in [4.78, 5) is 22.8. The van der Waals surface area contributed by atoms with Gasteiger partial charge in [0.1, 0.15) is 19.3 Å². The molecule has 9 heteroatoms. The van der Waals surface area contributed by atoms with Gasteiger partial charge in [-0.3, -0.25) is 13.8 Å². The van der Waals surface area contributed by atoms with Crippen LogP contribution in [0.2, 0.25) is 0 Å². The SMILES string of the molecule is CC/C=C\C/C=C\C/C=C\C/C=C\CCCCC(=O)OC(COCCCCCC/C=C\C/C=C\C/C=C\CC)COP(=O)(O)OCC[N+](C)(C)C. The van der Waals surface area contributed by atoms with Crippen LogP contribution in [0.25, 0.3) is 0 Å². The number of phosphoric ester groups is 1. The molecule has 0 radical (unpaired) electrons. The van der Waals surface area contributed by atoms with Crippen molar-refractivity contribution in [1.82, 2.24) is 0 Å². The van der Waals surface area contributed by atoms with Crippen LogP contribution in [0.4, 0.5) is 0 Å². The molecule has 0 amide bonds. The third-order valence-corrected chi connectivity index (χ3v) is 8.44. The van der Waals surface area contributed by atoms with E-state index < -0.39 is 13.9 Å². The number of hydrogen-bond acceptors (Lipinski definition) is 6. The fourth-order valence-corrected chi connectivity index (χ4v) is 5.24. The van der Waals surface area contributed by atoms with E-state index in [1.807, 2.05) is 21.1 Å². The number of quaternary nitrogens is 1. The fraction of sp³-hybridized carbons (Fsp3) is 0.643. The number of esters is 1. The molecule has 0 spiro atoms. The summed E-state index contributed by atoms with van der Waals surface area (Å²) < 4.78 is 34.8. The average Bonchev–Trinajstić information content (AvgIpc) is 3.08. The highest BCUT2D eigenvalue weighted by atomic mass is 31.2. The largest absolute Gasteiger partial charge is 0.472 e. The number of likely N-dealkylation sites (N-methyl/N-ethyl adjacent to an activating group) is 1. The van der Waals surface area contributed by atoms with E-state index in [9.17, 15) is 14.3 Å². The highest BCUT2D eigenvalue weighted by molar-refractivity contribution is 7.47. The average molecular weight is 735 g/mol. The number of ether oxygens (including phenoxy) is 2. The lowest BCUT2D eigenvalue weighted by Gasteiger charge is -2.24. The molecule has 8 nitrogen and oxygen atoms in total. The van der Waals surface area contributed by atoms with Gasteiger partial charge >= 0.3 is 13.8 Å². The molecule has 1 N–H and O–H groups in total. The minimum absolute atomic E-state index is 0.0707. The number of carbonyl (C=O) groups excluding carboxylic acids is 1. The number of phosphoric acid groups is 1. The third kappa shape index (κ3) is 38.7. The normalized spacial score (nSPS) is 14.9. The van der Waals surface area contributed by atoms with Gasteiger partial charge in [0.2, 0.25) is 0 Å². The highest BCUT2D eigenvalue weighted by Gasteiger charge is 2.26. The molecule has 0 saturated heterocycles. The predicted octanol–water partition coefficient (Wildman–Crippen LogP) is 10.9. The maximum atomic E-state index is 12.6. The van der Waals surface area contributed by atoms with Gasteiger partial charge in [-0.05, 0) is 83.5 Å². The Bertz CT molecular complexity index is 1090. The Morgan fingerprint density at radius 1 is 0.608 bits per heavy atom. The van der Waals surface area contributed by atoms with Crippen LogP contribution >= 0.6 is 7.82 Å². The lowest BCUT2D eigenvalue weighted by Crippen LogP contribution is -2.37. The molecule has 0 rings (SSSR count). The second-order valence-electron chi connectivity index (χ2n) is 13.5. The van der Waals surface area contributed by atoms with Crippen LogP contribution in [0.3, 0.4) is 0 Å². The number of hydrogen-bond donors (Lipinski definition) is 1. The van der Waals surface area contributed by atoms with Crippen molar-refractivity contribution in [2.24, 2.45) is 0 Å². The van der Waals surface area contributed by atoms with Crippen LogP contribution in [0.15, 0.2) is 85.1 Å². The van der Waals surface area contributed by atoms with E-state index in [0.29, 0.717) is 24.1 Å². The van der Waals surface area contributed by atoms with Crippen LogP contribution in [-0.2, 0) is 27.9 Å². The van der Waals surface area contributed by atoms with Crippen LogP contribution < -0.4 is 0 Å². The van der Waals surface area contributed by atoms with Crippen molar-refractivity contribution in [3.63, 3.8) is 0 Å². The fourth-order valence-electron chi connectivity index (χ4n) is 4.50. The molecular formula is C42H73NO7P+. The van der Waals surface area contributed by atoms with E-state index in [-0.39, 0.29) is 32.2 Å². The van der Waals surface area contributed by atoms with Gasteiger partial charge in [0.15, 0.2) is 0 Å². The summed E-state index contributed by atoms with van der Waals surface area (Å²) in [6.45, 7) is 5.24. The Labute approximate surface area is 312 Å². The zero-order valence-corrected chi connectivity index (χ0v) is 33.7. The summed E-state index contributed by atoms with van der Waals surface area (Å²) in [6, 6.07) is 0. The van der Waals surface area contributed by atoms with Gasteiger partial charge in [0.25, 0.3) is 0 Å². The molecule has 292 valence electrons. The van der Waals surface area contributed by atoms with Gasteiger partial charge < -0.3 is 18.9 Å². The molecule has 0 bridgehead atoms. The Morgan fingerprint density at radius 3 is 1.59 bits per heavy atom. The summed E-state index contributed by atoms with van der Waals surface area (Å²) >= 11 is 0. The summed E-state index contributed by atoms with van der Waals surface area (Å²) in [5.74, 6) is -0.368. The molecule has 0 aromatic heterocycles. The van der Waals surface area contributed by atoms with Gasteiger partial charge in [0, 0.05) is 13.0 Å². The Morgan fingerprint density at radius 2 is 1.08 bits per heavy atom. The molecule has 0 heterocycles. The number of carbonyl (C=O) groups is 1. The van der Waals surface area contributed by atoms with E-state index in [0.717, 1.165) is 89.9 Å². The Balaban J connectivity index is 4.45. The minimum Gasteiger partial charge on any atom is -0.457 e. The van der Waals surface area contributed by atoms with Crippen molar-refractivity contribution >= 4 is 13.8 Å². The van der Waals surface area contributed by atoms with Gasteiger partial charge in [-0.2, -0.15) is 0 Å². The summed E-state index contributed by atoms with van der Waals surface area (Å²) in [5.41, 5.74) is 0. The van der Waals surface area contributed by atoms with Crippen LogP contribution in [0.1, 0.15) is 117 Å². The number of unbranched alkanes of at least 4 members (excludes halogenated alkanes) is 6. The number of nitrogens with zero attached hydrogens (tertiary/aromatic N) is 1. The molecule has 0 saturated carbocycles. The van der Waals surface area contributed by atoms with Gasteiger partial charge in [-0.1, -0.05) is 112 Å². The van der Waals surface area contributed by atoms with Gasteiger partial charge in [-0.25, -0.2) is 4.57 Å². The maximum Gasteiger partial charge on any atom is 0.472 e. The van der Waals surface area contributed by atoms with Crippen molar-refractivity contribution in [2.45, 2.75) is 123 Å². The Hall–Kier alpha value is -2.32. The maximum absolute atomic E-state index is 12.6. The van der Waals surface area contributed by atoms with Crippen molar-refractivity contribution in [2.75, 3.05) is 54.1 Å². The topological polar surface area (TPSA) is 91.3 Å². The molecule has 2 atom stereocenters. The minimum atomic E-state index is -4.29. The molecule has 0 aromatic rings. The van der Waals surface area contributed by atoms with Gasteiger partial charge in [-0.15, -0.1) is 0 Å². The number of rotatable bonds is 34. The van der Waals surface area contributed by atoms with E-state index >= 15 is 0 Å². The van der Waals surface area contributed by atoms with E-state index in [2.05, 4.69) is 98.9 Å². The third-order valence-electron chi connectivity index (χ3n) is 7.45. The first kappa shape index (κ1) is 48.7. The van der Waals surface area contributed by atoms with Gasteiger partial charge in [0.05, 0.1) is 34.4 Å². The first-order valence-electron chi connectivity index (χ1n) is 19.3. The van der Waals surface area contributed by atoms with Crippen molar-refractivity contribution < 1.29 is 37.3 Å². The van der Waals surface area contributed by atoms with E-state index in [1.165, 1.54) is 0 Å². The monoisotopic (exact) mass is 735 g/mol. The molecule has 0 aliphatic carbocycles. The molecule has 51 heavy (non-hydrogen) atoms. The molecule has 0 aliphatic rings. The highest BCUT2D eigenvalue weighted by Crippen LogP contribution is 2.43. The predicted molar refractivity (Wildman–Crippen MR) is 215 cm³/mol. The molecular weight excluding hydrogens is 661 g/mol. The van der Waals surface area contributed by atoms with E-state index in [4.69, 9.17) is 18.5 Å². The molecule has 0 fully saturated rings. The van der Waals surface area contributed by atoms with Crippen LogP contribution in [0, 0.1) is 0 Å². The van der Waals surface area contributed by atoms with Crippen LogP contribution in [0.5, 0.6) is 0 Å². The number of allylic oxidation sites excluding steroid dienone is 14. The summed E-state index contributed by atoms with van der Waals surface area (Å²) in [7, 11) is 1.60.